The van der Waals surface area contributed by atoms with Gasteiger partial charge in [0.15, 0.2) is 5.65 Å². The van der Waals surface area contributed by atoms with E-state index in [1.54, 1.807) is 11.7 Å². The van der Waals surface area contributed by atoms with Crippen LogP contribution in [-0.2, 0) is 9.47 Å². The lowest BCUT2D eigenvalue weighted by molar-refractivity contribution is 0.0391. The van der Waals surface area contributed by atoms with Gasteiger partial charge in [-0.25, -0.2) is 14.8 Å². The van der Waals surface area contributed by atoms with E-state index in [2.05, 4.69) is 0 Å². The standard InChI is InChI=1S/C22H22N4O3/c1-13-7-6-10-17(14(13)2)26-20(23)18(22(27)29-12-11-28-3)19-21(26)25-16-9-5-4-8-15(16)24-19/h4-10H,11-12,23H2,1-3H3. The Labute approximate surface area is 168 Å². The highest BCUT2D eigenvalue weighted by molar-refractivity contribution is 6.09. The highest BCUT2D eigenvalue weighted by atomic mass is 16.6. The molecule has 0 saturated heterocycles. The van der Waals surface area contributed by atoms with E-state index < -0.39 is 5.97 Å². The molecule has 0 aliphatic carbocycles. The van der Waals surface area contributed by atoms with E-state index in [1.807, 2.05) is 56.3 Å². The smallest absolute Gasteiger partial charge is 0.344 e. The molecule has 0 aliphatic heterocycles. The summed E-state index contributed by atoms with van der Waals surface area (Å²) in [6, 6.07) is 13.5. The van der Waals surface area contributed by atoms with Crippen molar-refractivity contribution in [3.05, 3.63) is 59.2 Å². The molecule has 4 aromatic rings. The maximum absolute atomic E-state index is 12.8. The predicted molar refractivity (Wildman–Crippen MR) is 112 cm³/mol. The van der Waals surface area contributed by atoms with Gasteiger partial charge < -0.3 is 15.2 Å². The first-order valence-electron chi connectivity index (χ1n) is 9.32. The number of aryl methyl sites for hydroxylation is 1. The summed E-state index contributed by atoms with van der Waals surface area (Å²) in [5.74, 6) is -0.287. The quantitative estimate of drug-likeness (QED) is 0.414. The van der Waals surface area contributed by atoms with Crippen LogP contribution in [0.4, 0.5) is 5.82 Å². The number of nitrogens with two attached hydrogens (primary N) is 1. The minimum Gasteiger partial charge on any atom is -0.459 e. The van der Waals surface area contributed by atoms with Gasteiger partial charge in [0.2, 0.25) is 0 Å². The van der Waals surface area contributed by atoms with Gasteiger partial charge in [-0.1, -0.05) is 24.3 Å². The Morgan fingerprint density at radius 1 is 1.03 bits per heavy atom. The van der Waals surface area contributed by atoms with Crippen molar-refractivity contribution in [3.8, 4) is 5.69 Å². The molecule has 0 aliphatic rings. The van der Waals surface area contributed by atoms with Crippen molar-refractivity contribution < 1.29 is 14.3 Å². The van der Waals surface area contributed by atoms with E-state index in [9.17, 15) is 4.79 Å². The first kappa shape index (κ1) is 18.9. The number of esters is 1. The Kier molecular flexibility index (Phi) is 4.90. The van der Waals surface area contributed by atoms with Gasteiger partial charge in [-0.05, 0) is 43.2 Å². The molecule has 7 nitrogen and oxygen atoms in total. The molecular weight excluding hydrogens is 368 g/mol. The molecule has 2 N–H and O–H groups in total. The number of hydrogen-bond acceptors (Lipinski definition) is 6. The number of nitrogens with zero attached hydrogens (tertiary/aromatic N) is 3. The Balaban J connectivity index is 2.02. The molecule has 0 unspecified atom stereocenters. The number of ether oxygens (including phenoxy) is 2. The highest BCUT2D eigenvalue weighted by Crippen LogP contribution is 2.33. The molecule has 4 rings (SSSR count). The summed E-state index contributed by atoms with van der Waals surface area (Å²) in [5.41, 5.74) is 12.1. The number of rotatable bonds is 5. The summed E-state index contributed by atoms with van der Waals surface area (Å²) >= 11 is 0. The second-order valence-electron chi connectivity index (χ2n) is 6.83. The fourth-order valence-corrected chi connectivity index (χ4v) is 3.37. The molecule has 0 saturated carbocycles. The lowest BCUT2D eigenvalue weighted by atomic mass is 10.1. The molecule has 0 fully saturated rings. The largest absolute Gasteiger partial charge is 0.459 e. The molecule has 0 amide bonds. The van der Waals surface area contributed by atoms with Crippen molar-refractivity contribution >= 4 is 34.0 Å². The number of aromatic nitrogens is 3. The van der Waals surface area contributed by atoms with Gasteiger partial charge in [0.05, 0.1) is 23.3 Å². The first-order valence-corrected chi connectivity index (χ1v) is 9.32. The maximum Gasteiger partial charge on any atom is 0.344 e. The van der Waals surface area contributed by atoms with Crippen molar-refractivity contribution in [2.24, 2.45) is 0 Å². The van der Waals surface area contributed by atoms with Crippen LogP contribution in [0, 0.1) is 13.8 Å². The molecule has 2 heterocycles. The van der Waals surface area contributed by atoms with E-state index >= 15 is 0 Å². The Bertz CT molecular complexity index is 1230. The molecule has 0 radical (unpaired) electrons. The lowest BCUT2D eigenvalue weighted by Crippen LogP contribution is -2.12. The second-order valence-corrected chi connectivity index (χ2v) is 6.83. The van der Waals surface area contributed by atoms with Gasteiger partial charge in [0.25, 0.3) is 0 Å². The highest BCUT2D eigenvalue weighted by Gasteiger charge is 2.26. The molecule has 0 bridgehead atoms. The van der Waals surface area contributed by atoms with Crippen LogP contribution in [0.1, 0.15) is 21.5 Å². The summed E-state index contributed by atoms with van der Waals surface area (Å²) < 4.78 is 12.1. The fraction of sp³-hybridized carbons (Fsp3) is 0.227. The van der Waals surface area contributed by atoms with E-state index in [0.29, 0.717) is 23.3 Å². The minimum absolute atomic E-state index is 0.131. The number of carbonyl (C=O) groups is 1. The van der Waals surface area contributed by atoms with Crippen LogP contribution in [0.5, 0.6) is 0 Å². The molecule has 0 spiro atoms. The van der Waals surface area contributed by atoms with Crippen LogP contribution in [0.3, 0.4) is 0 Å². The van der Waals surface area contributed by atoms with Crippen molar-refractivity contribution in [2.75, 3.05) is 26.1 Å². The third kappa shape index (κ3) is 3.19. The SMILES string of the molecule is COCCOC(=O)c1c(N)n(-c2cccc(C)c2C)c2nc3ccccc3nc12. The Hall–Kier alpha value is -3.45. The zero-order valence-corrected chi connectivity index (χ0v) is 16.6. The Morgan fingerprint density at radius 2 is 1.76 bits per heavy atom. The molecule has 2 aromatic carbocycles. The molecular formula is C22H22N4O3. The lowest BCUT2D eigenvalue weighted by Gasteiger charge is -2.13. The van der Waals surface area contributed by atoms with Crippen LogP contribution >= 0.6 is 0 Å². The number of anilines is 1. The van der Waals surface area contributed by atoms with Gasteiger partial charge in [-0.2, -0.15) is 0 Å². The summed E-state index contributed by atoms with van der Waals surface area (Å²) in [4.78, 5) is 22.3. The maximum atomic E-state index is 12.8. The third-order valence-corrected chi connectivity index (χ3v) is 5.04. The summed E-state index contributed by atoms with van der Waals surface area (Å²) in [5, 5.41) is 0. The van der Waals surface area contributed by atoms with Gasteiger partial charge in [0, 0.05) is 7.11 Å². The van der Waals surface area contributed by atoms with E-state index in [4.69, 9.17) is 25.2 Å². The zero-order chi connectivity index (χ0) is 20.5. The van der Waals surface area contributed by atoms with Crippen molar-refractivity contribution in [1.29, 1.82) is 0 Å². The number of para-hydroxylation sites is 2. The zero-order valence-electron chi connectivity index (χ0n) is 16.6. The first-order chi connectivity index (χ1) is 14.0. The average Bonchev–Trinajstić information content (AvgIpc) is 2.99. The monoisotopic (exact) mass is 390 g/mol. The molecule has 0 atom stereocenters. The molecule has 148 valence electrons. The number of fused-ring (bicyclic) bond motifs is 2. The summed E-state index contributed by atoms with van der Waals surface area (Å²) in [6.45, 7) is 4.48. The van der Waals surface area contributed by atoms with E-state index in [1.165, 1.54) is 0 Å². The van der Waals surface area contributed by atoms with E-state index in [-0.39, 0.29) is 18.0 Å². The Morgan fingerprint density at radius 3 is 2.48 bits per heavy atom. The fourth-order valence-electron chi connectivity index (χ4n) is 3.37. The van der Waals surface area contributed by atoms with Gasteiger partial charge in [-0.15, -0.1) is 0 Å². The van der Waals surface area contributed by atoms with Crippen LogP contribution in [0.25, 0.3) is 27.9 Å². The van der Waals surface area contributed by atoms with Crippen LogP contribution < -0.4 is 5.73 Å². The van der Waals surface area contributed by atoms with Crippen molar-refractivity contribution in [1.82, 2.24) is 14.5 Å². The minimum atomic E-state index is -0.543. The molecule has 7 heteroatoms. The van der Waals surface area contributed by atoms with Gasteiger partial charge in [0.1, 0.15) is 23.5 Å². The van der Waals surface area contributed by atoms with Crippen molar-refractivity contribution in [3.63, 3.8) is 0 Å². The van der Waals surface area contributed by atoms with Crippen LogP contribution in [-0.4, -0.2) is 40.8 Å². The van der Waals surface area contributed by atoms with Crippen LogP contribution in [0.15, 0.2) is 42.5 Å². The average molecular weight is 390 g/mol. The van der Waals surface area contributed by atoms with Gasteiger partial charge >= 0.3 is 5.97 Å². The summed E-state index contributed by atoms with van der Waals surface area (Å²) in [7, 11) is 1.55. The third-order valence-electron chi connectivity index (χ3n) is 5.04. The normalized spacial score (nSPS) is 11.3. The van der Waals surface area contributed by atoms with E-state index in [0.717, 1.165) is 22.3 Å². The number of carbonyl (C=O) groups excluding carboxylic acids is 1. The number of hydrogen-bond donors (Lipinski definition) is 1. The topological polar surface area (TPSA) is 92.3 Å². The number of nitrogen functional groups attached to an aromatic ring is 1. The second kappa shape index (κ2) is 7.52. The predicted octanol–water partition coefficient (Wildman–Crippen LogP) is 3.58. The van der Waals surface area contributed by atoms with Gasteiger partial charge in [-0.3, -0.25) is 4.57 Å². The number of methoxy groups -OCH3 is 1. The number of benzene rings is 2. The van der Waals surface area contributed by atoms with Crippen molar-refractivity contribution in [2.45, 2.75) is 13.8 Å². The summed E-state index contributed by atoms with van der Waals surface area (Å²) in [6.07, 6.45) is 0. The molecule has 2 aromatic heterocycles. The van der Waals surface area contributed by atoms with Crippen LogP contribution in [0.2, 0.25) is 0 Å². The molecule has 29 heavy (non-hydrogen) atoms.